The van der Waals surface area contributed by atoms with Gasteiger partial charge in [0.1, 0.15) is 23.2 Å². The maximum Gasteiger partial charge on any atom is 0.147 e. The van der Waals surface area contributed by atoms with Gasteiger partial charge in [-0.1, -0.05) is 146 Å². The fraction of sp³-hybridized carbons (Fsp3) is 0.0635. The average Bonchev–Trinajstić information content (AvgIpc) is 4.14. The van der Waals surface area contributed by atoms with Gasteiger partial charge >= 0.3 is 0 Å². The Morgan fingerprint density at radius 2 is 1.07 bits per heavy atom. The summed E-state index contributed by atoms with van der Waals surface area (Å²) >= 11 is 1.85. The third kappa shape index (κ3) is 5.73. The number of aromatic nitrogens is 2. The van der Waals surface area contributed by atoms with Crippen LogP contribution in [0.3, 0.4) is 0 Å². The lowest BCUT2D eigenvalue weighted by Crippen LogP contribution is -2.28. The molecule has 6 heteroatoms. The first-order valence-electron chi connectivity index (χ1n) is 23.9. The van der Waals surface area contributed by atoms with Gasteiger partial charge in [0.15, 0.2) is 0 Å². The van der Waals surface area contributed by atoms with Crippen molar-refractivity contribution in [3.8, 4) is 5.69 Å². The van der Waals surface area contributed by atoms with E-state index in [0.717, 1.165) is 84.2 Å². The molecule has 0 bridgehead atoms. The van der Waals surface area contributed by atoms with Crippen molar-refractivity contribution in [3.63, 3.8) is 0 Å². The SMILES string of the molecule is CC1C/C=C(\c2c(-n3c4ccccc4c4cc5ccccc5cc43)ccc3oc4cc5ccccc5cc4c23)NC(c2cccc3sc4ccccc4c23)/N=C\1n1c2ccccc2c2ccccc21. The van der Waals surface area contributed by atoms with Crippen LogP contribution in [0.15, 0.2) is 216 Å². The number of aliphatic imine (C=N–C) groups is 1. The van der Waals surface area contributed by atoms with E-state index in [0.29, 0.717) is 0 Å². The molecule has 0 spiro atoms. The highest BCUT2D eigenvalue weighted by Crippen LogP contribution is 2.46. The van der Waals surface area contributed by atoms with Crippen molar-refractivity contribution in [3.05, 3.63) is 217 Å². The molecule has 5 nitrogen and oxygen atoms in total. The smallest absolute Gasteiger partial charge is 0.147 e. The molecule has 5 heterocycles. The van der Waals surface area contributed by atoms with Crippen molar-refractivity contribution in [1.29, 1.82) is 0 Å². The second-order valence-electron chi connectivity index (χ2n) is 18.7. The number of allylic oxidation sites excluding steroid dienone is 1. The van der Waals surface area contributed by atoms with Gasteiger partial charge in [-0.15, -0.1) is 11.3 Å². The molecule has 4 aromatic heterocycles. The topological polar surface area (TPSA) is 47.4 Å². The molecule has 10 aromatic carbocycles. The molecule has 0 saturated carbocycles. The van der Waals surface area contributed by atoms with Crippen molar-refractivity contribution in [2.75, 3.05) is 0 Å². The van der Waals surface area contributed by atoms with Gasteiger partial charge in [0.05, 0.1) is 27.8 Å². The van der Waals surface area contributed by atoms with Crippen molar-refractivity contribution >= 4 is 130 Å². The lowest BCUT2D eigenvalue weighted by molar-refractivity contribution is 0.636. The van der Waals surface area contributed by atoms with Crippen LogP contribution < -0.4 is 5.32 Å². The Morgan fingerprint density at radius 1 is 0.493 bits per heavy atom. The summed E-state index contributed by atoms with van der Waals surface area (Å²) in [5.74, 6) is 1.07. The number of rotatable bonds is 3. The van der Waals surface area contributed by atoms with Crippen molar-refractivity contribution in [1.82, 2.24) is 14.5 Å². The summed E-state index contributed by atoms with van der Waals surface area (Å²) < 4.78 is 14.4. The predicted octanol–water partition coefficient (Wildman–Crippen LogP) is 17.1. The molecule has 0 aliphatic carbocycles. The minimum Gasteiger partial charge on any atom is -0.456 e. The van der Waals surface area contributed by atoms with Gasteiger partial charge in [-0.05, 0) is 94.7 Å². The van der Waals surface area contributed by atoms with Crippen LogP contribution in [0, 0.1) is 5.92 Å². The quantitative estimate of drug-likeness (QED) is 0.192. The van der Waals surface area contributed by atoms with Crippen LogP contribution in [0.25, 0.3) is 119 Å². The van der Waals surface area contributed by atoms with E-state index in [2.05, 4.69) is 228 Å². The number of para-hydroxylation sites is 3. The number of nitrogens with zero attached hydrogens (tertiary/aromatic N) is 3. The molecule has 0 saturated heterocycles. The number of thiophene rings is 1. The molecule has 326 valence electrons. The summed E-state index contributed by atoms with van der Waals surface area (Å²) in [6.45, 7) is 2.35. The van der Waals surface area contributed by atoms with Gasteiger partial charge < -0.3 is 14.3 Å². The fourth-order valence-corrected chi connectivity index (χ4v) is 12.8. The van der Waals surface area contributed by atoms with E-state index in [-0.39, 0.29) is 5.92 Å². The average molecular weight is 903 g/mol. The minimum absolute atomic E-state index is 0.0366. The lowest BCUT2D eigenvalue weighted by atomic mass is 9.95. The molecule has 2 atom stereocenters. The number of benzene rings is 10. The molecular formula is C63H42N4OS. The third-order valence-electron chi connectivity index (χ3n) is 14.7. The second kappa shape index (κ2) is 14.8. The van der Waals surface area contributed by atoms with Crippen LogP contribution in [-0.2, 0) is 0 Å². The first kappa shape index (κ1) is 38.6. The molecule has 15 rings (SSSR count). The highest BCUT2D eigenvalue weighted by molar-refractivity contribution is 7.25. The first-order chi connectivity index (χ1) is 34.1. The molecule has 1 N–H and O–H groups in total. The number of fused-ring (bicyclic) bond motifs is 14. The summed E-state index contributed by atoms with van der Waals surface area (Å²) in [7, 11) is 0. The Balaban J connectivity index is 1.05. The summed E-state index contributed by atoms with van der Waals surface area (Å²) in [5.41, 5.74) is 10.7. The van der Waals surface area contributed by atoms with Crippen LogP contribution >= 0.6 is 11.3 Å². The highest BCUT2D eigenvalue weighted by atomic mass is 32.1. The molecular weight excluding hydrogens is 861 g/mol. The van der Waals surface area contributed by atoms with E-state index >= 15 is 0 Å². The molecule has 0 fully saturated rings. The Kier molecular flexibility index (Phi) is 8.27. The van der Waals surface area contributed by atoms with E-state index in [1.807, 2.05) is 11.3 Å². The zero-order valence-electron chi connectivity index (χ0n) is 37.6. The predicted molar refractivity (Wildman–Crippen MR) is 292 cm³/mol. The Bertz CT molecular complexity index is 4490. The number of hydrogen-bond donors (Lipinski definition) is 1. The third-order valence-corrected chi connectivity index (χ3v) is 15.9. The zero-order chi connectivity index (χ0) is 45.3. The van der Waals surface area contributed by atoms with E-state index in [1.54, 1.807) is 0 Å². The van der Waals surface area contributed by atoms with Crippen LogP contribution in [0.4, 0.5) is 0 Å². The Morgan fingerprint density at radius 3 is 1.80 bits per heavy atom. The van der Waals surface area contributed by atoms with Crippen molar-refractivity contribution in [2.45, 2.75) is 19.5 Å². The van der Waals surface area contributed by atoms with Crippen LogP contribution in [0.1, 0.15) is 30.6 Å². The van der Waals surface area contributed by atoms with E-state index < -0.39 is 6.17 Å². The molecule has 1 aliphatic rings. The number of hydrogen-bond acceptors (Lipinski definition) is 4. The second-order valence-corrected chi connectivity index (χ2v) is 19.8. The molecule has 0 radical (unpaired) electrons. The van der Waals surface area contributed by atoms with Crippen molar-refractivity contribution in [2.24, 2.45) is 10.9 Å². The monoisotopic (exact) mass is 902 g/mol. The zero-order valence-corrected chi connectivity index (χ0v) is 38.5. The molecule has 69 heavy (non-hydrogen) atoms. The van der Waals surface area contributed by atoms with Gasteiger partial charge in [-0.3, -0.25) is 4.57 Å². The summed E-state index contributed by atoms with van der Waals surface area (Å²) in [5, 5.41) is 18.6. The van der Waals surface area contributed by atoms with Crippen LogP contribution in [0.5, 0.6) is 0 Å². The maximum absolute atomic E-state index is 6.94. The van der Waals surface area contributed by atoms with E-state index in [9.17, 15) is 0 Å². The maximum atomic E-state index is 6.94. The standard InChI is InChI=1S/C63H42N4OS/c1-37-29-30-49(64-62(46-23-14-28-58-59(46)45-22-9-13-27-57(45)69-58)65-63(37)67-51-25-11-6-19-42(51)43-20-7-12-26-52(43)67)61-53(31-32-55-60(61)48-34-39-16-3-5-18-41(39)36-56(48)68-55)66-50-24-10-8-21-44(50)47-33-38-15-2-4-17-40(38)35-54(47)66/h2-28,30-37,62,64H,29H2,1H3/b49-30+,65-63+. The molecule has 1 aliphatic heterocycles. The Labute approximate surface area is 400 Å². The van der Waals surface area contributed by atoms with Gasteiger partial charge in [-0.25, -0.2) is 4.99 Å². The van der Waals surface area contributed by atoms with E-state index in [4.69, 9.17) is 9.41 Å². The van der Waals surface area contributed by atoms with Gasteiger partial charge in [-0.2, -0.15) is 0 Å². The molecule has 0 amide bonds. The van der Waals surface area contributed by atoms with Crippen LogP contribution in [-0.4, -0.2) is 15.0 Å². The Hall–Kier alpha value is -8.45. The van der Waals surface area contributed by atoms with E-state index in [1.165, 1.54) is 57.9 Å². The number of nitrogens with one attached hydrogen (secondary N) is 1. The number of furan rings is 1. The highest BCUT2D eigenvalue weighted by Gasteiger charge is 2.29. The van der Waals surface area contributed by atoms with Crippen molar-refractivity contribution < 1.29 is 4.42 Å². The minimum atomic E-state index is -0.472. The largest absolute Gasteiger partial charge is 0.456 e. The van der Waals surface area contributed by atoms with Crippen LogP contribution in [0.2, 0.25) is 0 Å². The summed E-state index contributed by atoms with van der Waals surface area (Å²) in [6, 6.07) is 73.0. The summed E-state index contributed by atoms with van der Waals surface area (Å²) in [4.78, 5) is 6.04. The summed E-state index contributed by atoms with van der Waals surface area (Å²) in [6.07, 6.45) is 2.72. The fourth-order valence-electron chi connectivity index (χ4n) is 11.6. The lowest BCUT2D eigenvalue weighted by Gasteiger charge is -2.28. The normalized spacial score (nSPS) is 17.3. The molecule has 14 aromatic rings. The first-order valence-corrected chi connectivity index (χ1v) is 24.7. The van der Waals surface area contributed by atoms with Gasteiger partial charge in [0.25, 0.3) is 0 Å². The van der Waals surface area contributed by atoms with Gasteiger partial charge in [0.2, 0.25) is 0 Å². The van der Waals surface area contributed by atoms with Gasteiger partial charge in [0, 0.05) is 75.2 Å². The molecule has 2 unspecified atom stereocenters.